The van der Waals surface area contributed by atoms with E-state index in [2.05, 4.69) is 31.1 Å². The molecule has 5 rings (SSSR count). The summed E-state index contributed by atoms with van der Waals surface area (Å²) in [5.74, 6) is 2.31. The molecule has 242 valence electrons. The van der Waals surface area contributed by atoms with Crippen molar-refractivity contribution in [2.24, 2.45) is 0 Å². The standard InChI is InChI=1S/C32H36N6O7S/c1-17(39)33-21-10-8-18-15-26(42-2)28(43-3)29(44-4)27(18)19-9-11-22(24(40)16-20(19)21)34-23(12-14-46-5)31(41)36-32-35-30(37-38-32)25-7-6-13-45-25/h6-7,9,11,13,15-16,21,23H,8,10,12,14H2,1-5H3,(H,33,39)(H,34,40)(H2,35,36,37,38,41). The molecule has 0 fully saturated rings. The normalized spacial score (nSPS) is 14.2. The number of rotatable bonds is 12. The van der Waals surface area contributed by atoms with Gasteiger partial charge in [-0.15, -0.1) is 5.10 Å². The van der Waals surface area contributed by atoms with E-state index in [0.717, 1.165) is 11.1 Å². The molecular formula is C32H36N6O7S. The number of hydrogen-bond acceptors (Lipinski definition) is 11. The lowest BCUT2D eigenvalue weighted by atomic mass is 9.95. The third-order valence-electron chi connectivity index (χ3n) is 7.65. The summed E-state index contributed by atoms with van der Waals surface area (Å²) in [6, 6.07) is 9.06. The number of fused-ring (bicyclic) bond motifs is 3. The van der Waals surface area contributed by atoms with Gasteiger partial charge in [0.05, 0.1) is 39.3 Å². The minimum absolute atomic E-state index is 0.0752. The first-order valence-corrected chi connectivity index (χ1v) is 16.0. The first-order valence-electron chi connectivity index (χ1n) is 14.6. The number of thioether (sulfide) groups is 1. The van der Waals surface area contributed by atoms with Crippen LogP contribution in [0.15, 0.2) is 51.9 Å². The van der Waals surface area contributed by atoms with Gasteiger partial charge in [-0.2, -0.15) is 16.7 Å². The van der Waals surface area contributed by atoms with Crippen molar-refractivity contribution in [2.45, 2.75) is 38.3 Å². The second-order valence-corrected chi connectivity index (χ2v) is 11.5. The monoisotopic (exact) mass is 648 g/mol. The molecule has 2 unspecified atom stereocenters. The maximum absolute atomic E-state index is 13.8. The number of furan rings is 1. The maximum Gasteiger partial charge on any atom is 0.249 e. The topological polar surface area (TPSA) is 170 Å². The van der Waals surface area contributed by atoms with Gasteiger partial charge in [-0.3, -0.25) is 24.8 Å². The molecule has 2 aromatic heterocycles. The van der Waals surface area contributed by atoms with E-state index in [4.69, 9.17) is 18.6 Å². The van der Waals surface area contributed by atoms with Gasteiger partial charge in [-0.1, -0.05) is 6.07 Å². The van der Waals surface area contributed by atoms with Crippen molar-refractivity contribution < 1.29 is 28.2 Å². The Hall–Kier alpha value is -4.98. The molecule has 4 N–H and O–H groups in total. The number of aryl methyl sites for hydroxylation is 1. The maximum atomic E-state index is 13.8. The van der Waals surface area contributed by atoms with E-state index in [-0.39, 0.29) is 23.0 Å². The van der Waals surface area contributed by atoms with Crippen LogP contribution in [0.25, 0.3) is 22.7 Å². The largest absolute Gasteiger partial charge is 0.493 e. The van der Waals surface area contributed by atoms with E-state index in [1.807, 2.05) is 12.3 Å². The summed E-state index contributed by atoms with van der Waals surface area (Å²) in [6.45, 7) is 1.44. The summed E-state index contributed by atoms with van der Waals surface area (Å²) < 4.78 is 22.5. The fourth-order valence-electron chi connectivity index (χ4n) is 5.56. The lowest BCUT2D eigenvalue weighted by Crippen LogP contribution is -2.36. The second-order valence-electron chi connectivity index (χ2n) is 10.5. The molecule has 4 aromatic rings. The van der Waals surface area contributed by atoms with Gasteiger partial charge in [0.1, 0.15) is 6.04 Å². The lowest BCUT2D eigenvalue weighted by Gasteiger charge is -2.19. The van der Waals surface area contributed by atoms with Crippen molar-refractivity contribution in [3.8, 4) is 40.0 Å². The Balaban J connectivity index is 1.55. The van der Waals surface area contributed by atoms with Crippen LogP contribution in [0.4, 0.5) is 11.6 Å². The molecule has 0 spiro atoms. The fraction of sp³-hybridized carbons (Fsp3) is 0.344. The number of amides is 2. The molecule has 46 heavy (non-hydrogen) atoms. The van der Waals surface area contributed by atoms with Crippen molar-refractivity contribution in [3.63, 3.8) is 0 Å². The molecule has 2 heterocycles. The molecule has 0 bridgehead atoms. The summed E-state index contributed by atoms with van der Waals surface area (Å²) in [5, 5.41) is 15.7. The van der Waals surface area contributed by atoms with Crippen LogP contribution in [0, 0.1) is 0 Å². The number of H-pyrrole nitrogens is 1. The zero-order valence-electron chi connectivity index (χ0n) is 26.2. The van der Waals surface area contributed by atoms with Gasteiger partial charge >= 0.3 is 0 Å². The molecule has 2 aromatic carbocycles. The van der Waals surface area contributed by atoms with Gasteiger partial charge in [-0.05, 0) is 78.3 Å². The number of methoxy groups -OCH3 is 3. The number of nitrogens with zero attached hydrogens (tertiary/aromatic N) is 2. The Morgan fingerprint density at radius 3 is 2.61 bits per heavy atom. The van der Waals surface area contributed by atoms with Gasteiger partial charge < -0.3 is 29.3 Å². The smallest absolute Gasteiger partial charge is 0.249 e. The fourth-order valence-corrected chi connectivity index (χ4v) is 6.03. The number of nitrogens with one attached hydrogen (secondary N) is 4. The highest BCUT2D eigenvalue weighted by Gasteiger charge is 2.30. The summed E-state index contributed by atoms with van der Waals surface area (Å²) in [6.07, 6.45) is 4.98. The zero-order valence-corrected chi connectivity index (χ0v) is 27.0. The van der Waals surface area contributed by atoms with Crippen molar-refractivity contribution >= 4 is 35.2 Å². The number of anilines is 2. The third-order valence-corrected chi connectivity index (χ3v) is 8.29. The highest BCUT2D eigenvalue weighted by Crippen LogP contribution is 2.50. The van der Waals surface area contributed by atoms with Gasteiger partial charge in [0.2, 0.25) is 28.9 Å². The van der Waals surface area contributed by atoms with Crippen LogP contribution in [0.1, 0.15) is 36.9 Å². The highest BCUT2D eigenvalue weighted by atomic mass is 32.2. The average Bonchev–Trinajstić information content (AvgIpc) is 3.69. The SMILES string of the molecule is COc1cc2c(c(OC)c1OC)-c1ccc(NC(CCSC)C(=O)Nc3n[nH]c(-c4ccco4)n3)c(=O)cc1C(NC(C)=O)CC2. The highest BCUT2D eigenvalue weighted by molar-refractivity contribution is 7.98. The lowest BCUT2D eigenvalue weighted by molar-refractivity contribution is -0.120. The number of ether oxygens (including phenoxy) is 3. The van der Waals surface area contributed by atoms with Crippen molar-refractivity contribution in [2.75, 3.05) is 44.0 Å². The minimum atomic E-state index is -0.787. The Morgan fingerprint density at radius 1 is 1.13 bits per heavy atom. The molecule has 14 heteroatoms. The molecule has 2 amide bonds. The molecule has 1 aliphatic carbocycles. The zero-order chi connectivity index (χ0) is 32.8. The molecule has 2 atom stereocenters. The van der Waals surface area contributed by atoms with E-state index >= 15 is 0 Å². The average molecular weight is 649 g/mol. The second kappa shape index (κ2) is 14.4. The summed E-state index contributed by atoms with van der Waals surface area (Å²) in [7, 11) is 4.63. The molecule has 1 aliphatic rings. The van der Waals surface area contributed by atoms with Crippen LogP contribution >= 0.6 is 11.8 Å². The van der Waals surface area contributed by atoms with Crippen molar-refractivity contribution in [1.29, 1.82) is 0 Å². The van der Waals surface area contributed by atoms with Gasteiger partial charge in [0.15, 0.2) is 23.1 Å². The number of carbonyl (C=O) groups is 2. The first kappa shape index (κ1) is 32.4. The summed E-state index contributed by atoms with van der Waals surface area (Å²) in [4.78, 5) is 43.9. The third kappa shape index (κ3) is 6.81. The molecule has 0 saturated carbocycles. The van der Waals surface area contributed by atoms with E-state index in [0.29, 0.717) is 65.0 Å². The molecule has 0 aliphatic heterocycles. The number of carbonyl (C=O) groups excluding carboxylic acids is 2. The Morgan fingerprint density at radius 2 is 1.93 bits per heavy atom. The quantitative estimate of drug-likeness (QED) is 0.172. The summed E-state index contributed by atoms with van der Waals surface area (Å²) >= 11 is 1.58. The van der Waals surface area contributed by atoms with Crippen LogP contribution in [0.3, 0.4) is 0 Å². The number of benzene rings is 1. The molecular weight excluding hydrogens is 612 g/mol. The molecule has 0 radical (unpaired) electrons. The first-order chi connectivity index (χ1) is 22.3. The number of aromatic nitrogens is 3. The van der Waals surface area contributed by atoms with Crippen molar-refractivity contribution in [1.82, 2.24) is 20.5 Å². The van der Waals surface area contributed by atoms with E-state index in [9.17, 15) is 14.4 Å². The van der Waals surface area contributed by atoms with Crippen LogP contribution in [0.5, 0.6) is 17.2 Å². The van der Waals surface area contributed by atoms with Crippen LogP contribution in [0.2, 0.25) is 0 Å². The van der Waals surface area contributed by atoms with Crippen LogP contribution in [-0.2, 0) is 16.0 Å². The Labute approximate surface area is 269 Å². The number of aromatic amines is 1. The Bertz CT molecular complexity index is 1780. The molecule has 0 saturated heterocycles. The Kier molecular flexibility index (Phi) is 10.2. The number of hydrogen-bond donors (Lipinski definition) is 4. The van der Waals surface area contributed by atoms with Crippen molar-refractivity contribution in [3.05, 3.63) is 64.0 Å². The summed E-state index contributed by atoms with van der Waals surface area (Å²) in [5.41, 5.74) is 2.81. The minimum Gasteiger partial charge on any atom is -0.493 e. The predicted octanol–water partition coefficient (Wildman–Crippen LogP) is 4.41. The predicted molar refractivity (Wildman–Crippen MR) is 176 cm³/mol. The molecule has 13 nitrogen and oxygen atoms in total. The van der Waals surface area contributed by atoms with E-state index in [1.165, 1.54) is 26.4 Å². The van der Waals surface area contributed by atoms with Crippen LogP contribution < -0.4 is 35.6 Å². The van der Waals surface area contributed by atoms with E-state index < -0.39 is 18.0 Å². The van der Waals surface area contributed by atoms with Gasteiger partial charge in [0.25, 0.3) is 0 Å². The van der Waals surface area contributed by atoms with Gasteiger partial charge in [0, 0.05) is 12.5 Å². The van der Waals surface area contributed by atoms with E-state index in [1.54, 1.807) is 50.2 Å². The van der Waals surface area contributed by atoms with Gasteiger partial charge in [-0.25, -0.2) is 0 Å². The van der Waals surface area contributed by atoms with Crippen LogP contribution in [-0.4, -0.2) is 66.4 Å².